The molecule has 0 atom stereocenters. The van der Waals surface area contributed by atoms with Crippen molar-refractivity contribution < 1.29 is 30.7 Å². The standard InChI is InChI=1S/C16H15F7N2S2/c1-8-4-11(17)12(5-13(8)26-7-16(21,22)23)25-9(2)10(3)27-14(25)24-6-15(18,19)20/h4-5H,6-7H2,1-3H3/b24-14+. The highest BCUT2D eigenvalue weighted by Crippen LogP contribution is 2.32. The highest BCUT2D eigenvalue weighted by Gasteiger charge is 2.28. The van der Waals surface area contributed by atoms with Gasteiger partial charge in [0, 0.05) is 15.5 Å². The van der Waals surface area contributed by atoms with Crippen molar-refractivity contribution in [1.29, 1.82) is 0 Å². The van der Waals surface area contributed by atoms with Crippen molar-refractivity contribution in [2.24, 2.45) is 4.99 Å². The predicted octanol–water partition coefficient (Wildman–Crippen LogP) is 5.72. The maximum Gasteiger partial charge on any atom is 0.408 e. The Morgan fingerprint density at radius 1 is 1.04 bits per heavy atom. The zero-order valence-electron chi connectivity index (χ0n) is 14.4. The zero-order chi connectivity index (χ0) is 20.6. The summed E-state index contributed by atoms with van der Waals surface area (Å²) in [6.45, 7) is 3.27. The number of alkyl halides is 6. The van der Waals surface area contributed by atoms with Gasteiger partial charge < -0.3 is 0 Å². The molecule has 2 nitrogen and oxygen atoms in total. The molecular formula is C16H15F7N2S2. The number of thiazole rings is 1. The zero-order valence-corrected chi connectivity index (χ0v) is 16.1. The number of hydrogen-bond acceptors (Lipinski definition) is 3. The minimum absolute atomic E-state index is 0.0724. The molecule has 150 valence electrons. The van der Waals surface area contributed by atoms with Gasteiger partial charge in [-0.3, -0.25) is 4.57 Å². The molecule has 0 amide bonds. The molecule has 0 bridgehead atoms. The van der Waals surface area contributed by atoms with Crippen molar-refractivity contribution in [3.05, 3.63) is 38.9 Å². The van der Waals surface area contributed by atoms with Gasteiger partial charge in [-0.05, 0) is 38.5 Å². The number of aryl methyl sites for hydroxylation is 2. The van der Waals surface area contributed by atoms with E-state index in [1.54, 1.807) is 13.8 Å². The van der Waals surface area contributed by atoms with Crippen LogP contribution < -0.4 is 4.80 Å². The van der Waals surface area contributed by atoms with E-state index in [1.165, 1.54) is 17.6 Å². The maximum absolute atomic E-state index is 14.5. The molecule has 1 aromatic heterocycles. The number of halogens is 7. The molecule has 0 spiro atoms. The average Bonchev–Trinajstić information content (AvgIpc) is 2.78. The molecule has 0 fully saturated rings. The van der Waals surface area contributed by atoms with Crippen molar-refractivity contribution in [2.75, 3.05) is 12.3 Å². The number of rotatable bonds is 4. The number of thioether (sulfide) groups is 1. The van der Waals surface area contributed by atoms with Crippen molar-refractivity contribution >= 4 is 23.1 Å². The van der Waals surface area contributed by atoms with Crippen LogP contribution in [0.4, 0.5) is 30.7 Å². The summed E-state index contributed by atoms with van der Waals surface area (Å²) in [5, 5.41) is 0. The fraction of sp³-hybridized carbons (Fsp3) is 0.438. The van der Waals surface area contributed by atoms with Crippen LogP contribution in [0.15, 0.2) is 22.0 Å². The van der Waals surface area contributed by atoms with Crippen LogP contribution in [0.1, 0.15) is 16.1 Å². The molecule has 0 aliphatic heterocycles. The molecule has 0 aliphatic carbocycles. The Morgan fingerprint density at radius 2 is 1.67 bits per heavy atom. The van der Waals surface area contributed by atoms with E-state index in [4.69, 9.17) is 0 Å². The molecule has 2 aromatic rings. The summed E-state index contributed by atoms with van der Waals surface area (Å²) in [6.07, 6.45) is -8.93. The Hall–Kier alpha value is -1.49. The first-order valence-corrected chi connectivity index (χ1v) is 9.35. The van der Waals surface area contributed by atoms with Gasteiger partial charge in [0.2, 0.25) is 0 Å². The van der Waals surface area contributed by atoms with Crippen molar-refractivity contribution in [1.82, 2.24) is 4.57 Å². The first-order valence-electron chi connectivity index (χ1n) is 7.55. The van der Waals surface area contributed by atoms with Gasteiger partial charge in [-0.1, -0.05) is 0 Å². The van der Waals surface area contributed by atoms with E-state index in [-0.39, 0.29) is 15.4 Å². The van der Waals surface area contributed by atoms with Gasteiger partial charge in [0.05, 0.1) is 11.4 Å². The highest BCUT2D eigenvalue weighted by atomic mass is 32.2. The molecule has 0 radical (unpaired) electrons. The molecule has 0 unspecified atom stereocenters. The normalized spacial score (nSPS) is 13.5. The molecule has 0 aliphatic rings. The van der Waals surface area contributed by atoms with Crippen LogP contribution in [-0.4, -0.2) is 29.2 Å². The van der Waals surface area contributed by atoms with E-state index >= 15 is 0 Å². The van der Waals surface area contributed by atoms with E-state index in [0.29, 0.717) is 27.9 Å². The van der Waals surface area contributed by atoms with E-state index in [0.717, 1.165) is 17.4 Å². The largest absolute Gasteiger partial charge is 0.408 e. The van der Waals surface area contributed by atoms with Crippen LogP contribution in [0.5, 0.6) is 0 Å². The average molecular weight is 432 g/mol. The lowest BCUT2D eigenvalue weighted by molar-refractivity contribution is -0.118. The Kier molecular flexibility index (Phi) is 6.35. The van der Waals surface area contributed by atoms with Gasteiger partial charge in [0.15, 0.2) is 4.80 Å². The van der Waals surface area contributed by atoms with Gasteiger partial charge in [0.25, 0.3) is 0 Å². The lowest BCUT2D eigenvalue weighted by atomic mass is 10.2. The summed E-state index contributed by atoms with van der Waals surface area (Å²) in [5.41, 5.74) is 0.646. The number of benzene rings is 1. The second kappa shape index (κ2) is 7.86. The fourth-order valence-electron chi connectivity index (χ4n) is 2.23. The van der Waals surface area contributed by atoms with Gasteiger partial charge in [-0.2, -0.15) is 26.3 Å². The van der Waals surface area contributed by atoms with E-state index in [9.17, 15) is 30.7 Å². The topological polar surface area (TPSA) is 17.3 Å². The lowest BCUT2D eigenvalue weighted by Crippen LogP contribution is -2.20. The third-order valence-electron chi connectivity index (χ3n) is 3.55. The van der Waals surface area contributed by atoms with E-state index in [1.807, 2.05) is 0 Å². The van der Waals surface area contributed by atoms with E-state index < -0.39 is 30.5 Å². The van der Waals surface area contributed by atoms with Crippen molar-refractivity contribution in [3.8, 4) is 5.69 Å². The molecule has 11 heteroatoms. The summed E-state index contributed by atoms with van der Waals surface area (Å²) in [6, 6.07) is 2.29. The molecule has 0 saturated carbocycles. The minimum atomic E-state index is -4.52. The number of aromatic nitrogens is 1. The molecule has 2 rings (SSSR count). The summed E-state index contributed by atoms with van der Waals surface area (Å²) in [5.74, 6) is -1.91. The third-order valence-corrected chi connectivity index (χ3v) is 5.87. The Morgan fingerprint density at radius 3 is 2.22 bits per heavy atom. The number of nitrogens with zero attached hydrogens (tertiary/aromatic N) is 2. The van der Waals surface area contributed by atoms with Crippen LogP contribution >= 0.6 is 23.1 Å². The molecule has 1 heterocycles. The van der Waals surface area contributed by atoms with Crippen LogP contribution in [0.25, 0.3) is 5.69 Å². The first kappa shape index (κ1) is 21.8. The van der Waals surface area contributed by atoms with E-state index in [2.05, 4.69) is 4.99 Å². The predicted molar refractivity (Wildman–Crippen MR) is 91.1 cm³/mol. The summed E-state index contributed by atoms with van der Waals surface area (Å²) >= 11 is 1.45. The summed E-state index contributed by atoms with van der Waals surface area (Å²) in [7, 11) is 0. The molecule has 0 N–H and O–H groups in total. The quantitative estimate of drug-likeness (QED) is 0.446. The first-order chi connectivity index (χ1) is 12.3. The molecule has 0 saturated heterocycles. The van der Waals surface area contributed by atoms with Crippen molar-refractivity contribution in [3.63, 3.8) is 0 Å². The van der Waals surface area contributed by atoms with Crippen LogP contribution in [0.2, 0.25) is 0 Å². The molecule has 27 heavy (non-hydrogen) atoms. The second-order valence-electron chi connectivity index (χ2n) is 5.77. The lowest BCUT2D eigenvalue weighted by Gasteiger charge is -2.14. The van der Waals surface area contributed by atoms with Crippen LogP contribution in [0.3, 0.4) is 0 Å². The minimum Gasteiger partial charge on any atom is -0.287 e. The Bertz CT molecular complexity index is 892. The van der Waals surface area contributed by atoms with Gasteiger partial charge in [0.1, 0.15) is 12.4 Å². The third kappa shape index (κ3) is 5.74. The van der Waals surface area contributed by atoms with Gasteiger partial charge >= 0.3 is 12.4 Å². The molecule has 1 aromatic carbocycles. The van der Waals surface area contributed by atoms with Crippen LogP contribution in [-0.2, 0) is 0 Å². The highest BCUT2D eigenvalue weighted by molar-refractivity contribution is 7.99. The van der Waals surface area contributed by atoms with Crippen molar-refractivity contribution in [2.45, 2.75) is 38.0 Å². The SMILES string of the molecule is Cc1cc(F)c(-n2c(C)c(C)s/c2=N/CC(F)(F)F)cc1SCC(F)(F)F. The summed E-state index contributed by atoms with van der Waals surface area (Å²) < 4.78 is 90.8. The van der Waals surface area contributed by atoms with Gasteiger partial charge in [-0.15, -0.1) is 23.1 Å². The number of hydrogen-bond donors (Lipinski definition) is 0. The smallest absolute Gasteiger partial charge is 0.287 e. The Balaban J connectivity index is 2.58. The summed E-state index contributed by atoms with van der Waals surface area (Å²) in [4.78, 5) is 4.27. The second-order valence-corrected chi connectivity index (χ2v) is 7.96. The monoisotopic (exact) mass is 432 g/mol. The van der Waals surface area contributed by atoms with Gasteiger partial charge in [-0.25, -0.2) is 9.38 Å². The maximum atomic E-state index is 14.5. The Labute approximate surface area is 158 Å². The fourth-order valence-corrected chi connectivity index (χ4v) is 4.00. The molecular weight excluding hydrogens is 417 g/mol. The van der Waals surface area contributed by atoms with Crippen LogP contribution in [0, 0.1) is 26.6 Å².